The third kappa shape index (κ3) is 4.95. The molecule has 0 aliphatic heterocycles. The summed E-state index contributed by atoms with van der Waals surface area (Å²) in [5.41, 5.74) is 0.666. The number of halogens is 1. The van der Waals surface area contributed by atoms with Gasteiger partial charge in [0, 0.05) is 11.0 Å². The van der Waals surface area contributed by atoms with Crippen LogP contribution >= 0.6 is 11.8 Å². The molecule has 0 amide bonds. The Balaban J connectivity index is 1.79. The summed E-state index contributed by atoms with van der Waals surface area (Å²) in [4.78, 5) is 4.47. The summed E-state index contributed by atoms with van der Waals surface area (Å²) < 4.78 is 38.4. The number of ether oxygens (including phenoxy) is 3. The molecule has 4 aromatic rings. The molecule has 0 spiro atoms. The summed E-state index contributed by atoms with van der Waals surface area (Å²) in [6.45, 7) is 6.02. The summed E-state index contributed by atoms with van der Waals surface area (Å²) >= 11 is 1.31. The predicted molar refractivity (Wildman–Crippen MR) is 129 cm³/mol. The zero-order chi connectivity index (χ0) is 25.2. The van der Waals surface area contributed by atoms with Gasteiger partial charge in [-0.05, 0) is 24.3 Å². The van der Waals surface area contributed by atoms with Gasteiger partial charge in [0.2, 0.25) is 11.6 Å². The molecule has 2 heterocycles. The highest BCUT2D eigenvalue weighted by Crippen LogP contribution is 2.42. The Bertz CT molecular complexity index is 1310. The van der Waals surface area contributed by atoms with Gasteiger partial charge in [-0.25, -0.2) is 4.39 Å². The van der Waals surface area contributed by atoms with Gasteiger partial charge in [-0.1, -0.05) is 49.8 Å². The molecule has 0 radical (unpaired) electrons. The number of para-hydroxylation sites is 1. The summed E-state index contributed by atoms with van der Waals surface area (Å²) in [5, 5.41) is 13.2. The van der Waals surface area contributed by atoms with E-state index in [4.69, 9.17) is 18.7 Å². The standard InChI is InChI=1S/C24H26FN5O4S/c1-24(2,3)22-26-19(34-29-22)13-35-23-28-27-21(30(23)16-10-8-7-9-15(16)25)14-11-17(31-4)20(33-6)18(12-14)32-5/h7-12H,13H2,1-6H3. The average molecular weight is 500 g/mol. The maximum Gasteiger partial charge on any atom is 0.237 e. The van der Waals surface area contributed by atoms with Crippen molar-refractivity contribution in [1.29, 1.82) is 0 Å². The molecular formula is C24H26FN5O4S. The Labute approximate surface area is 206 Å². The van der Waals surface area contributed by atoms with E-state index in [1.807, 2.05) is 20.8 Å². The van der Waals surface area contributed by atoms with Crippen LogP contribution in [0.1, 0.15) is 32.5 Å². The average Bonchev–Trinajstić information content (AvgIpc) is 3.49. The molecule has 0 atom stereocenters. The molecule has 0 N–H and O–H groups in total. The van der Waals surface area contributed by atoms with Crippen LogP contribution in [0.4, 0.5) is 4.39 Å². The molecule has 4 rings (SSSR count). The Morgan fingerprint density at radius 2 is 1.69 bits per heavy atom. The zero-order valence-electron chi connectivity index (χ0n) is 20.3. The molecule has 0 bridgehead atoms. The quantitative estimate of drug-likeness (QED) is 0.308. The second kappa shape index (κ2) is 9.95. The van der Waals surface area contributed by atoms with Crippen molar-refractivity contribution in [2.75, 3.05) is 21.3 Å². The van der Waals surface area contributed by atoms with E-state index in [0.717, 1.165) is 0 Å². The third-order valence-electron chi connectivity index (χ3n) is 5.11. The Kier molecular flexibility index (Phi) is 6.97. The number of rotatable bonds is 8. The Hall–Kier alpha value is -3.60. The first-order chi connectivity index (χ1) is 16.8. The lowest BCUT2D eigenvalue weighted by atomic mass is 9.96. The van der Waals surface area contributed by atoms with Gasteiger partial charge in [0.25, 0.3) is 0 Å². The first-order valence-electron chi connectivity index (χ1n) is 10.7. The molecule has 0 aliphatic carbocycles. The number of aromatic nitrogens is 5. The second-order valence-corrected chi connectivity index (χ2v) is 9.50. The van der Waals surface area contributed by atoms with Gasteiger partial charge >= 0.3 is 0 Å². The van der Waals surface area contributed by atoms with E-state index in [1.54, 1.807) is 34.9 Å². The molecule has 9 nitrogen and oxygen atoms in total. The highest BCUT2D eigenvalue weighted by molar-refractivity contribution is 7.98. The maximum absolute atomic E-state index is 14.9. The zero-order valence-corrected chi connectivity index (χ0v) is 21.1. The minimum Gasteiger partial charge on any atom is -0.493 e. The lowest BCUT2D eigenvalue weighted by molar-refractivity contribution is 0.324. The molecule has 2 aromatic heterocycles. The van der Waals surface area contributed by atoms with Crippen LogP contribution in [0.5, 0.6) is 17.2 Å². The van der Waals surface area contributed by atoms with Crippen molar-refractivity contribution >= 4 is 11.8 Å². The lowest BCUT2D eigenvalue weighted by Gasteiger charge is -2.15. The minimum atomic E-state index is -0.421. The van der Waals surface area contributed by atoms with Crippen molar-refractivity contribution in [3.8, 4) is 34.3 Å². The molecular weight excluding hydrogens is 473 g/mol. The van der Waals surface area contributed by atoms with E-state index in [1.165, 1.54) is 39.2 Å². The number of thioether (sulfide) groups is 1. The number of benzene rings is 2. The normalized spacial score (nSPS) is 11.5. The highest BCUT2D eigenvalue weighted by Gasteiger charge is 2.24. The van der Waals surface area contributed by atoms with Crippen LogP contribution in [0.3, 0.4) is 0 Å². The van der Waals surface area contributed by atoms with Crippen LogP contribution in [0.15, 0.2) is 46.1 Å². The van der Waals surface area contributed by atoms with Gasteiger partial charge in [-0.2, -0.15) is 4.98 Å². The number of hydrogen-bond donors (Lipinski definition) is 0. The monoisotopic (exact) mass is 499 g/mol. The predicted octanol–water partition coefficient (Wildman–Crippen LogP) is 5.07. The number of methoxy groups -OCH3 is 3. The summed E-state index contributed by atoms with van der Waals surface area (Å²) in [6.07, 6.45) is 0. The molecule has 184 valence electrons. The van der Waals surface area contributed by atoms with Crippen molar-refractivity contribution in [2.24, 2.45) is 0 Å². The highest BCUT2D eigenvalue weighted by atomic mass is 32.2. The van der Waals surface area contributed by atoms with E-state index < -0.39 is 5.82 Å². The van der Waals surface area contributed by atoms with E-state index in [2.05, 4.69) is 20.3 Å². The molecule has 0 saturated carbocycles. The fourth-order valence-corrected chi connectivity index (χ4v) is 4.14. The van der Waals surface area contributed by atoms with Crippen molar-refractivity contribution in [2.45, 2.75) is 37.1 Å². The van der Waals surface area contributed by atoms with Crippen LogP contribution in [0.2, 0.25) is 0 Å². The minimum absolute atomic E-state index is 0.237. The fourth-order valence-electron chi connectivity index (χ4n) is 3.36. The molecule has 0 saturated heterocycles. The van der Waals surface area contributed by atoms with Gasteiger partial charge in [-0.3, -0.25) is 4.57 Å². The van der Waals surface area contributed by atoms with Crippen LogP contribution < -0.4 is 14.2 Å². The number of nitrogens with zero attached hydrogens (tertiary/aromatic N) is 5. The number of hydrogen-bond acceptors (Lipinski definition) is 9. The van der Waals surface area contributed by atoms with Gasteiger partial charge in [0.15, 0.2) is 28.3 Å². The van der Waals surface area contributed by atoms with Gasteiger partial charge in [-0.15, -0.1) is 10.2 Å². The maximum atomic E-state index is 14.9. The van der Waals surface area contributed by atoms with E-state index in [9.17, 15) is 4.39 Å². The van der Waals surface area contributed by atoms with Crippen molar-refractivity contribution in [1.82, 2.24) is 24.9 Å². The van der Waals surface area contributed by atoms with E-state index in [0.29, 0.717) is 56.9 Å². The third-order valence-corrected chi connectivity index (χ3v) is 6.03. The van der Waals surface area contributed by atoms with Gasteiger partial charge < -0.3 is 18.7 Å². The summed E-state index contributed by atoms with van der Waals surface area (Å²) in [6, 6.07) is 9.90. The van der Waals surface area contributed by atoms with E-state index in [-0.39, 0.29) is 5.41 Å². The van der Waals surface area contributed by atoms with Crippen LogP contribution in [-0.4, -0.2) is 46.2 Å². The first kappa shape index (κ1) is 24.5. The van der Waals surface area contributed by atoms with Crippen LogP contribution in [0, 0.1) is 5.82 Å². The van der Waals surface area contributed by atoms with Gasteiger partial charge in [0.05, 0.1) is 32.8 Å². The molecule has 2 aromatic carbocycles. The Morgan fingerprint density at radius 1 is 1.00 bits per heavy atom. The molecule has 11 heteroatoms. The van der Waals surface area contributed by atoms with Crippen molar-refractivity contribution in [3.63, 3.8) is 0 Å². The summed E-state index contributed by atoms with van der Waals surface area (Å²) in [7, 11) is 4.58. The largest absolute Gasteiger partial charge is 0.493 e. The molecule has 35 heavy (non-hydrogen) atoms. The Morgan fingerprint density at radius 3 is 2.26 bits per heavy atom. The van der Waals surface area contributed by atoms with E-state index >= 15 is 0 Å². The van der Waals surface area contributed by atoms with Crippen LogP contribution in [-0.2, 0) is 11.2 Å². The summed E-state index contributed by atoms with van der Waals surface area (Å²) in [5.74, 6) is 2.70. The SMILES string of the molecule is COc1cc(-c2nnc(SCc3nc(C(C)(C)C)no3)n2-c2ccccc2F)cc(OC)c1OC. The van der Waals surface area contributed by atoms with Crippen molar-refractivity contribution in [3.05, 3.63) is 53.9 Å². The van der Waals surface area contributed by atoms with Gasteiger partial charge in [0.1, 0.15) is 5.82 Å². The molecule has 0 aliphatic rings. The van der Waals surface area contributed by atoms with Crippen molar-refractivity contribution < 1.29 is 23.1 Å². The smallest absolute Gasteiger partial charge is 0.237 e. The van der Waals surface area contributed by atoms with Crippen LogP contribution in [0.25, 0.3) is 17.1 Å². The fraction of sp³-hybridized carbons (Fsp3) is 0.333. The molecule has 0 fully saturated rings. The second-order valence-electron chi connectivity index (χ2n) is 8.56. The molecule has 0 unspecified atom stereocenters. The first-order valence-corrected chi connectivity index (χ1v) is 11.7. The topological polar surface area (TPSA) is 97.3 Å². The lowest BCUT2D eigenvalue weighted by Crippen LogP contribution is -2.13.